The third kappa shape index (κ3) is 3.35. The van der Waals surface area contributed by atoms with Gasteiger partial charge in [-0.15, -0.1) is 0 Å². The molecule has 1 atom stereocenters. The van der Waals surface area contributed by atoms with Crippen LogP contribution in [0.1, 0.15) is 24.8 Å². The molecule has 3 rings (SSSR count). The van der Waals surface area contributed by atoms with E-state index < -0.39 is 0 Å². The van der Waals surface area contributed by atoms with E-state index in [1.807, 2.05) is 0 Å². The second kappa shape index (κ2) is 6.04. The van der Waals surface area contributed by atoms with Gasteiger partial charge in [-0.25, -0.2) is 0 Å². The first-order chi connectivity index (χ1) is 9.36. The van der Waals surface area contributed by atoms with Crippen LogP contribution in [-0.2, 0) is 6.54 Å². The minimum absolute atomic E-state index is 0.735. The molecule has 2 aliphatic rings. The number of rotatable bonds is 6. The first kappa shape index (κ1) is 13.1. The molecule has 3 nitrogen and oxygen atoms in total. The van der Waals surface area contributed by atoms with Crippen molar-refractivity contribution in [3.63, 3.8) is 0 Å². The summed E-state index contributed by atoms with van der Waals surface area (Å²) in [5.41, 5.74) is 7.12. The van der Waals surface area contributed by atoms with Crippen LogP contribution in [0, 0.1) is 0 Å². The lowest BCUT2D eigenvalue weighted by atomic mass is 10.1. The third-order valence-electron chi connectivity index (χ3n) is 4.39. The van der Waals surface area contributed by atoms with Crippen molar-refractivity contribution in [2.75, 3.05) is 26.2 Å². The van der Waals surface area contributed by atoms with E-state index in [4.69, 9.17) is 5.73 Å². The topological polar surface area (TPSA) is 32.5 Å². The van der Waals surface area contributed by atoms with Crippen molar-refractivity contribution in [1.82, 2.24) is 9.80 Å². The van der Waals surface area contributed by atoms with Gasteiger partial charge in [-0.1, -0.05) is 30.3 Å². The maximum absolute atomic E-state index is 5.67. The Morgan fingerprint density at radius 1 is 1.11 bits per heavy atom. The number of nitrogens with two attached hydrogens (primary N) is 1. The van der Waals surface area contributed by atoms with E-state index in [-0.39, 0.29) is 0 Å². The molecule has 1 aliphatic carbocycles. The molecule has 0 aromatic heterocycles. The van der Waals surface area contributed by atoms with Crippen LogP contribution in [-0.4, -0.2) is 48.1 Å². The Hall–Kier alpha value is -0.900. The maximum atomic E-state index is 5.67. The van der Waals surface area contributed by atoms with Crippen LogP contribution in [0.15, 0.2) is 30.3 Å². The number of nitrogens with zero attached hydrogens (tertiary/aromatic N) is 2. The summed E-state index contributed by atoms with van der Waals surface area (Å²) in [4.78, 5) is 5.26. The highest BCUT2D eigenvalue weighted by atomic mass is 15.3. The van der Waals surface area contributed by atoms with Crippen molar-refractivity contribution in [1.29, 1.82) is 0 Å². The van der Waals surface area contributed by atoms with Gasteiger partial charge in [0.15, 0.2) is 0 Å². The molecule has 1 aliphatic heterocycles. The van der Waals surface area contributed by atoms with Crippen LogP contribution in [0.2, 0.25) is 0 Å². The summed E-state index contributed by atoms with van der Waals surface area (Å²) in [5, 5.41) is 0. The zero-order valence-corrected chi connectivity index (χ0v) is 11.7. The van der Waals surface area contributed by atoms with Crippen molar-refractivity contribution in [2.45, 2.75) is 37.9 Å². The van der Waals surface area contributed by atoms with Crippen molar-refractivity contribution in [3.8, 4) is 0 Å². The predicted octanol–water partition coefficient (Wildman–Crippen LogP) is 1.68. The predicted molar refractivity (Wildman–Crippen MR) is 78.9 cm³/mol. The Balaban J connectivity index is 1.62. The first-order valence-electron chi connectivity index (χ1n) is 7.59. The normalized spacial score (nSPS) is 24.2. The smallest absolute Gasteiger partial charge is 0.0241 e. The molecular weight excluding hydrogens is 234 g/mol. The van der Waals surface area contributed by atoms with Gasteiger partial charge in [0.25, 0.3) is 0 Å². The molecule has 0 bridgehead atoms. The molecule has 1 aromatic rings. The Bertz CT molecular complexity index is 388. The molecular formula is C16H25N3. The standard InChI is InChI=1S/C16H25N3/c17-9-11-18-10-8-16(13-18)19(15-6-7-15)12-14-4-2-1-3-5-14/h1-5,15-16H,6-13,17H2. The van der Waals surface area contributed by atoms with Crippen LogP contribution in [0.4, 0.5) is 0 Å². The Morgan fingerprint density at radius 3 is 2.58 bits per heavy atom. The maximum Gasteiger partial charge on any atom is 0.0241 e. The van der Waals surface area contributed by atoms with E-state index in [0.717, 1.165) is 31.7 Å². The number of likely N-dealkylation sites (tertiary alicyclic amines) is 1. The number of benzene rings is 1. The molecule has 1 aromatic carbocycles. The third-order valence-corrected chi connectivity index (χ3v) is 4.39. The lowest BCUT2D eigenvalue weighted by molar-refractivity contribution is 0.175. The lowest BCUT2D eigenvalue weighted by Crippen LogP contribution is -2.39. The first-order valence-corrected chi connectivity index (χ1v) is 7.59. The van der Waals surface area contributed by atoms with E-state index in [0.29, 0.717) is 0 Å². The van der Waals surface area contributed by atoms with Crippen molar-refractivity contribution in [3.05, 3.63) is 35.9 Å². The van der Waals surface area contributed by atoms with Crippen LogP contribution in [0.5, 0.6) is 0 Å². The van der Waals surface area contributed by atoms with Crippen LogP contribution in [0.25, 0.3) is 0 Å². The fraction of sp³-hybridized carbons (Fsp3) is 0.625. The highest BCUT2D eigenvalue weighted by Gasteiger charge is 2.36. The summed E-state index contributed by atoms with van der Waals surface area (Å²) in [6, 6.07) is 12.5. The molecule has 1 saturated carbocycles. The molecule has 19 heavy (non-hydrogen) atoms. The highest BCUT2D eigenvalue weighted by Crippen LogP contribution is 2.32. The molecule has 1 saturated heterocycles. The fourth-order valence-electron chi connectivity index (χ4n) is 3.23. The van der Waals surface area contributed by atoms with Crippen LogP contribution in [0.3, 0.4) is 0 Å². The summed E-state index contributed by atoms with van der Waals surface area (Å²) < 4.78 is 0. The molecule has 0 spiro atoms. The second-order valence-electron chi connectivity index (χ2n) is 5.92. The summed E-state index contributed by atoms with van der Waals surface area (Å²) in [7, 11) is 0. The van der Waals surface area contributed by atoms with Gasteiger partial charge in [0.05, 0.1) is 0 Å². The van der Waals surface area contributed by atoms with Crippen molar-refractivity contribution in [2.24, 2.45) is 5.73 Å². The Kier molecular flexibility index (Phi) is 4.16. The minimum atomic E-state index is 0.735. The lowest BCUT2D eigenvalue weighted by Gasteiger charge is -2.29. The van der Waals surface area contributed by atoms with E-state index in [1.54, 1.807) is 0 Å². The van der Waals surface area contributed by atoms with Crippen molar-refractivity contribution >= 4 is 0 Å². The Labute approximate surface area is 116 Å². The average Bonchev–Trinajstić information content (AvgIpc) is 3.18. The van der Waals surface area contributed by atoms with Gasteiger partial charge in [-0.3, -0.25) is 4.90 Å². The summed E-state index contributed by atoms with van der Waals surface area (Å²) in [5.74, 6) is 0. The molecule has 2 N–H and O–H groups in total. The average molecular weight is 259 g/mol. The van der Waals surface area contributed by atoms with Gasteiger partial charge < -0.3 is 10.6 Å². The largest absolute Gasteiger partial charge is 0.329 e. The molecule has 2 fully saturated rings. The molecule has 1 heterocycles. The van der Waals surface area contributed by atoms with E-state index in [9.17, 15) is 0 Å². The number of hydrogen-bond donors (Lipinski definition) is 1. The molecule has 0 radical (unpaired) electrons. The second-order valence-corrected chi connectivity index (χ2v) is 5.92. The van der Waals surface area contributed by atoms with Gasteiger partial charge >= 0.3 is 0 Å². The molecule has 1 unspecified atom stereocenters. The zero-order valence-electron chi connectivity index (χ0n) is 11.7. The van der Waals surface area contributed by atoms with E-state index >= 15 is 0 Å². The monoisotopic (exact) mass is 259 g/mol. The summed E-state index contributed by atoms with van der Waals surface area (Å²) in [6.07, 6.45) is 4.09. The van der Waals surface area contributed by atoms with Gasteiger partial charge in [-0.2, -0.15) is 0 Å². The van der Waals surface area contributed by atoms with Gasteiger partial charge in [0.1, 0.15) is 0 Å². The van der Waals surface area contributed by atoms with Crippen molar-refractivity contribution < 1.29 is 0 Å². The van der Waals surface area contributed by atoms with E-state index in [2.05, 4.69) is 40.1 Å². The highest BCUT2D eigenvalue weighted by molar-refractivity contribution is 5.15. The van der Waals surface area contributed by atoms with Crippen LogP contribution < -0.4 is 5.73 Å². The zero-order chi connectivity index (χ0) is 13.1. The molecule has 3 heteroatoms. The quantitative estimate of drug-likeness (QED) is 0.844. The fourth-order valence-corrected chi connectivity index (χ4v) is 3.23. The summed E-state index contributed by atoms with van der Waals surface area (Å²) >= 11 is 0. The van der Waals surface area contributed by atoms with Gasteiger partial charge in [0, 0.05) is 38.3 Å². The summed E-state index contributed by atoms with van der Waals surface area (Å²) in [6.45, 7) is 5.39. The van der Waals surface area contributed by atoms with Gasteiger partial charge in [0.2, 0.25) is 0 Å². The van der Waals surface area contributed by atoms with E-state index in [1.165, 1.54) is 37.9 Å². The minimum Gasteiger partial charge on any atom is -0.329 e. The molecule has 0 amide bonds. The Morgan fingerprint density at radius 2 is 1.89 bits per heavy atom. The molecule has 104 valence electrons. The number of hydrogen-bond acceptors (Lipinski definition) is 3. The SMILES string of the molecule is NCCN1CCC(N(Cc2ccccc2)C2CC2)C1. The van der Waals surface area contributed by atoms with Gasteiger partial charge in [-0.05, 0) is 31.4 Å². The van der Waals surface area contributed by atoms with Crippen LogP contribution >= 0.6 is 0 Å².